The van der Waals surface area contributed by atoms with Crippen LogP contribution in [0.15, 0.2) is 48.7 Å². The van der Waals surface area contributed by atoms with Crippen LogP contribution in [0.3, 0.4) is 0 Å². The van der Waals surface area contributed by atoms with Crippen LogP contribution in [0.5, 0.6) is 0 Å². The van der Waals surface area contributed by atoms with Crippen molar-refractivity contribution in [3.63, 3.8) is 0 Å². The molecule has 8 heteroatoms. The molecular formula is C32H45ClN6O. The molecule has 3 aromatic rings. The molecule has 2 saturated carbocycles. The minimum absolute atomic E-state index is 0.0338. The Morgan fingerprint density at radius 1 is 1.05 bits per heavy atom. The molecule has 216 valence electrons. The summed E-state index contributed by atoms with van der Waals surface area (Å²) >= 11 is 6.52. The average molecular weight is 565 g/mol. The van der Waals surface area contributed by atoms with Crippen molar-refractivity contribution in [3.8, 4) is 0 Å². The van der Waals surface area contributed by atoms with Crippen LogP contribution in [0.25, 0.3) is 11.0 Å². The Kier molecular flexibility index (Phi) is 10.5. The van der Waals surface area contributed by atoms with E-state index >= 15 is 0 Å². The van der Waals surface area contributed by atoms with E-state index in [4.69, 9.17) is 11.6 Å². The number of carbonyl (C=O) groups excluding carboxylic acids is 1. The molecule has 7 nitrogen and oxygen atoms in total. The Balaban J connectivity index is 0.00000181. The summed E-state index contributed by atoms with van der Waals surface area (Å²) in [5, 5.41) is 10.6. The van der Waals surface area contributed by atoms with E-state index in [0.29, 0.717) is 29.0 Å². The van der Waals surface area contributed by atoms with E-state index in [1.807, 2.05) is 36.4 Å². The lowest BCUT2D eigenvalue weighted by molar-refractivity contribution is 0.0943. The molecule has 6 N–H and O–H groups in total. The molecule has 2 aliphatic carbocycles. The Hall–Kier alpha value is -3.03. The van der Waals surface area contributed by atoms with Gasteiger partial charge in [0.25, 0.3) is 5.91 Å². The summed E-state index contributed by atoms with van der Waals surface area (Å²) in [7, 11) is 1.50. The number of nitrogens with one attached hydrogen (secondary N) is 4. The van der Waals surface area contributed by atoms with Gasteiger partial charge in [-0.25, -0.2) is 4.98 Å². The Morgan fingerprint density at radius 2 is 1.77 bits per heavy atom. The fraction of sp³-hybridized carbons (Fsp3) is 0.500. The summed E-state index contributed by atoms with van der Waals surface area (Å²) in [6, 6.07) is 11.6. The Morgan fingerprint density at radius 3 is 2.52 bits per heavy atom. The van der Waals surface area contributed by atoms with E-state index < -0.39 is 0 Å². The molecule has 1 amide bonds. The topological polar surface area (TPSA) is 108 Å². The maximum absolute atomic E-state index is 12.8. The second-order valence-corrected chi connectivity index (χ2v) is 11.8. The maximum Gasteiger partial charge on any atom is 0.251 e. The molecule has 1 heterocycles. The van der Waals surface area contributed by atoms with Gasteiger partial charge in [-0.2, -0.15) is 0 Å². The SMILES string of the molecule is C=C(NCc1ccc(Cl)c(Nc2nc3ccc(C(=O)NCC4CCCCC4)cc3[nH]2)c1)C1(C)CCCCC1.CN. The summed E-state index contributed by atoms with van der Waals surface area (Å²) in [5.41, 5.74) is 9.94. The number of hydrogen-bond donors (Lipinski definition) is 5. The summed E-state index contributed by atoms with van der Waals surface area (Å²) in [5.74, 6) is 1.16. The van der Waals surface area contributed by atoms with Crippen molar-refractivity contribution in [2.24, 2.45) is 17.1 Å². The number of nitrogens with zero attached hydrogens (tertiary/aromatic N) is 1. The highest BCUT2D eigenvalue weighted by atomic mass is 35.5. The van der Waals surface area contributed by atoms with Gasteiger partial charge < -0.3 is 26.7 Å². The van der Waals surface area contributed by atoms with Crippen LogP contribution in [0.2, 0.25) is 5.02 Å². The van der Waals surface area contributed by atoms with Gasteiger partial charge in [0, 0.05) is 29.8 Å². The normalized spacial score (nSPS) is 17.0. The molecular weight excluding hydrogens is 520 g/mol. The highest BCUT2D eigenvalue weighted by molar-refractivity contribution is 6.33. The van der Waals surface area contributed by atoms with Crippen LogP contribution >= 0.6 is 11.6 Å². The number of hydrogen-bond acceptors (Lipinski definition) is 5. The minimum atomic E-state index is -0.0338. The Bertz CT molecular complexity index is 1290. The summed E-state index contributed by atoms with van der Waals surface area (Å²) in [6.07, 6.45) is 12.6. The maximum atomic E-state index is 12.8. The largest absolute Gasteiger partial charge is 0.384 e. The third kappa shape index (κ3) is 7.58. The molecule has 0 bridgehead atoms. The first-order chi connectivity index (χ1) is 19.4. The zero-order chi connectivity index (χ0) is 28.5. The van der Waals surface area contributed by atoms with Crippen molar-refractivity contribution in [3.05, 3.63) is 64.8 Å². The van der Waals surface area contributed by atoms with Gasteiger partial charge in [0.2, 0.25) is 5.95 Å². The molecule has 0 saturated heterocycles. The van der Waals surface area contributed by atoms with Gasteiger partial charge >= 0.3 is 0 Å². The second-order valence-electron chi connectivity index (χ2n) is 11.4. The van der Waals surface area contributed by atoms with Crippen molar-refractivity contribution in [1.29, 1.82) is 0 Å². The number of rotatable bonds is 9. The molecule has 2 fully saturated rings. The number of imidazole rings is 1. The number of anilines is 2. The molecule has 40 heavy (non-hydrogen) atoms. The van der Waals surface area contributed by atoms with Crippen LogP contribution < -0.4 is 21.7 Å². The molecule has 1 aromatic heterocycles. The minimum Gasteiger partial charge on any atom is -0.384 e. The number of H-pyrrole nitrogens is 1. The zero-order valence-corrected chi connectivity index (χ0v) is 24.8. The number of carbonyl (C=O) groups is 1. The molecule has 0 spiro atoms. The van der Waals surface area contributed by atoms with Crippen molar-refractivity contribution in [2.75, 3.05) is 18.9 Å². The van der Waals surface area contributed by atoms with E-state index in [0.717, 1.165) is 34.5 Å². The van der Waals surface area contributed by atoms with E-state index in [9.17, 15) is 4.79 Å². The fourth-order valence-electron chi connectivity index (χ4n) is 5.90. The predicted molar refractivity (Wildman–Crippen MR) is 167 cm³/mol. The lowest BCUT2D eigenvalue weighted by atomic mass is 9.73. The highest BCUT2D eigenvalue weighted by Crippen LogP contribution is 2.40. The van der Waals surface area contributed by atoms with Gasteiger partial charge in [-0.1, -0.05) is 69.7 Å². The molecule has 2 aromatic carbocycles. The summed E-state index contributed by atoms with van der Waals surface area (Å²) < 4.78 is 0. The molecule has 0 unspecified atom stereocenters. The van der Waals surface area contributed by atoms with Gasteiger partial charge in [-0.3, -0.25) is 4.79 Å². The molecule has 5 rings (SSSR count). The first-order valence-corrected chi connectivity index (χ1v) is 15.1. The van der Waals surface area contributed by atoms with Gasteiger partial charge in [-0.15, -0.1) is 0 Å². The van der Waals surface area contributed by atoms with Crippen molar-refractivity contribution in [2.45, 2.75) is 77.7 Å². The number of allylic oxidation sites excluding steroid dienone is 1. The highest BCUT2D eigenvalue weighted by Gasteiger charge is 2.29. The van der Waals surface area contributed by atoms with Crippen LogP contribution in [-0.4, -0.2) is 29.5 Å². The number of aromatic amines is 1. The standard InChI is InChI=1S/C31H40ClN5O.CH5N/c1-21(31(2)15-7-4-8-16-31)33-20-23-11-13-25(32)27(17-23)36-30-35-26-14-12-24(18-28(26)37-30)29(38)34-19-22-9-5-3-6-10-22;1-2/h11-14,17-18,22,33H,1,3-10,15-16,19-20H2,2H3,(H,34,38)(H2,35,36,37);2H2,1H3. The van der Waals surface area contributed by atoms with E-state index in [2.05, 4.69) is 45.2 Å². The number of fused-ring (bicyclic) bond motifs is 1. The first kappa shape index (κ1) is 29.9. The molecule has 0 aliphatic heterocycles. The molecule has 0 radical (unpaired) electrons. The van der Waals surface area contributed by atoms with Crippen LogP contribution in [0, 0.1) is 11.3 Å². The second kappa shape index (κ2) is 14.0. The number of halogens is 1. The van der Waals surface area contributed by atoms with E-state index in [-0.39, 0.29) is 11.3 Å². The molecule has 0 atom stereocenters. The van der Waals surface area contributed by atoms with Crippen LogP contribution in [0.1, 0.15) is 87.1 Å². The number of aromatic nitrogens is 2. The van der Waals surface area contributed by atoms with Gasteiger partial charge in [0.05, 0.1) is 21.7 Å². The van der Waals surface area contributed by atoms with Crippen molar-refractivity contribution in [1.82, 2.24) is 20.6 Å². The van der Waals surface area contributed by atoms with Gasteiger partial charge in [0.15, 0.2) is 0 Å². The number of amides is 1. The van der Waals surface area contributed by atoms with Crippen molar-refractivity contribution < 1.29 is 4.79 Å². The lowest BCUT2D eigenvalue weighted by Gasteiger charge is -2.36. The van der Waals surface area contributed by atoms with Gasteiger partial charge in [0.1, 0.15) is 0 Å². The fourth-order valence-corrected chi connectivity index (χ4v) is 6.07. The number of nitrogens with two attached hydrogens (primary N) is 1. The lowest BCUT2D eigenvalue weighted by Crippen LogP contribution is -2.30. The van der Waals surface area contributed by atoms with Crippen LogP contribution in [-0.2, 0) is 6.54 Å². The van der Waals surface area contributed by atoms with E-state index in [1.54, 1.807) is 0 Å². The number of benzene rings is 2. The van der Waals surface area contributed by atoms with Crippen LogP contribution in [0.4, 0.5) is 11.6 Å². The Labute approximate surface area is 243 Å². The smallest absolute Gasteiger partial charge is 0.251 e. The zero-order valence-electron chi connectivity index (χ0n) is 24.0. The van der Waals surface area contributed by atoms with Gasteiger partial charge in [-0.05, 0) is 74.5 Å². The first-order valence-electron chi connectivity index (χ1n) is 14.7. The average Bonchev–Trinajstić information content (AvgIpc) is 3.39. The molecule has 2 aliphatic rings. The summed E-state index contributed by atoms with van der Waals surface area (Å²) in [6.45, 7) is 8.13. The third-order valence-electron chi connectivity index (χ3n) is 8.50. The monoisotopic (exact) mass is 564 g/mol. The predicted octanol–water partition coefficient (Wildman–Crippen LogP) is 7.42. The summed E-state index contributed by atoms with van der Waals surface area (Å²) in [4.78, 5) is 20.7. The van der Waals surface area contributed by atoms with E-state index in [1.165, 1.54) is 71.3 Å². The third-order valence-corrected chi connectivity index (χ3v) is 8.83. The van der Waals surface area contributed by atoms with Crippen molar-refractivity contribution >= 4 is 40.2 Å². The quantitative estimate of drug-likeness (QED) is 0.186.